The Balaban J connectivity index is 0.000000500. The van der Waals surface area contributed by atoms with Gasteiger partial charge in [0.1, 0.15) is 0 Å². The second-order valence-electron chi connectivity index (χ2n) is 3.36. The Morgan fingerprint density at radius 3 is 2.10 bits per heavy atom. The summed E-state index contributed by atoms with van der Waals surface area (Å²) < 4.78 is 0. The zero-order chi connectivity index (χ0) is 6.27. The van der Waals surface area contributed by atoms with Crippen molar-refractivity contribution in [1.29, 1.82) is 0 Å². The first kappa shape index (κ1) is 8.74. The molecule has 3 aliphatic rings. The van der Waals surface area contributed by atoms with Gasteiger partial charge in [-0.2, -0.15) is 0 Å². The Labute approximate surface area is 79.6 Å². The molecule has 0 amide bonds. The number of rotatable bonds is 0. The maximum absolute atomic E-state index is 2.58. The molecule has 0 radical (unpaired) electrons. The van der Waals surface area contributed by atoms with Crippen LogP contribution < -0.4 is 28.9 Å². The third-order valence-electron chi connectivity index (χ3n) is 2.73. The van der Waals surface area contributed by atoms with Gasteiger partial charge in [0.25, 0.3) is 0 Å². The molecule has 60 valence electrons. The van der Waals surface area contributed by atoms with Crippen LogP contribution >= 0.6 is 0 Å². The zero-order valence-electron chi connectivity index (χ0n) is 6.44. The molecule has 1 N–H and O–H groups in total. The van der Waals surface area contributed by atoms with Gasteiger partial charge >= 0.3 is 0 Å². The lowest BCUT2D eigenvalue weighted by Gasteiger charge is -2.43. The van der Waals surface area contributed by atoms with Gasteiger partial charge in [-0.3, -0.25) is 4.90 Å². The number of halogens is 1. The van der Waals surface area contributed by atoms with E-state index in [1.807, 2.05) is 4.90 Å². The molecule has 3 aliphatic heterocycles. The van der Waals surface area contributed by atoms with Crippen LogP contribution in [-0.2, 0) is 0 Å². The summed E-state index contributed by atoms with van der Waals surface area (Å²) in [6.45, 7) is 9.18. The van der Waals surface area contributed by atoms with Crippen LogP contribution in [-0.4, -0.2) is 43.7 Å². The molecule has 3 rings (SSSR count). The molecule has 3 saturated heterocycles. The topological polar surface area (TPSA) is 7.68 Å². The summed E-state index contributed by atoms with van der Waals surface area (Å²) in [5.74, 6) is 0. The van der Waals surface area contributed by atoms with Gasteiger partial charge in [-0.15, -0.1) is 0 Å². The van der Waals surface area contributed by atoms with E-state index in [1.54, 1.807) is 0 Å². The Kier molecular flexibility index (Phi) is 2.94. The SMILES string of the molecule is CC1CN2CC[NH+]1CC2.[I-]. The largest absolute Gasteiger partial charge is 1.00 e. The van der Waals surface area contributed by atoms with Gasteiger partial charge in [-0.1, -0.05) is 0 Å². The summed E-state index contributed by atoms with van der Waals surface area (Å²) in [4.78, 5) is 4.41. The maximum Gasteiger partial charge on any atom is 0.0975 e. The highest BCUT2D eigenvalue weighted by Gasteiger charge is 2.31. The van der Waals surface area contributed by atoms with Crippen LogP contribution in [0, 0.1) is 0 Å². The third kappa shape index (κ3) is 1.46. The molecule has 0 saturated carbocycles. The molecule has 0 aromatic carbocycles. The monoisotopic (exact) mass is 254 g/mol. The molecule has 0 spiro atoms. The van der Waals surface area contributed by atoms with Gasteiger partial charge in [0.2, 0.25) is 0 Å². The molecule has 2 nitrogen and oxygen atoms in total. The van der Waals surface area contributed by atoms with Crippen LogP contribution in [0.15, 0.2) is 0 Å². The van der Waals surface area contributed by atoms with Crippen molar-refractivity contribution in [2.45, 2.75) is 13.0 Å². The highest BCUT2D eigenvalue weighted by atomic mass is 127. The van der Waals surface area contributed by atoms with Gasteiger partial charge in [-0.25, -0.2) is 0 Å². The van der Waals surface area contributed by atoms with Crippen LogP contribution in [0.3, 0.4) is 0 Å². The zero-order valence-corrected chi connectivity index (χ0v) is 8.60. The molecule has 3 fully saturated rings. The van der Waals surface area contributed by atoms with Crippen molar-refractivity contribution >= 4 is 0 Å². The lowest BCUT2D eigenvalue weighted by Crippen LogP contribution is -3.21. The normalized spacial score (nSPS) is 44.7. The van der Waals surface area contributed by atoms with E-state index in [0.29, 0.717) is 0 Å². The minimum Gasteiger partial charge on any atom is -1.00 e. The number of quaternary nitrogens is 1. The average Bonchev–Trinajstić information content (AvgIpc) is 1.90. The average molecular weight is 254 g/mol. The van der Waals surface area contributed by atoms with Crippen molar-refractivity contribution in [3.05, 3.63) is 0 Å². The van der Waals surface area contributed by atoms with Crippen LogP contribution in [0.1, 0.15) is 6.92 Å². The fraction of sp³-hybridized carbons (Fsp3) is 1.00. The first-order valence-corrected chi connectivity index (χ1v) is 3.93. The third-order valence-corrected chi connectivity index (χ3v) is 2.73. The van der Waals surface area contributed by atoms with Crippen LogP contribution in [0.2, 0.25) is 0 Å². The summed E-state index contributed by atoms with van der Waals surface area (Å²) in [6, 6.07) is 0.910. The quantitative estimate of drug-likeness (QED) is 0.429. The predicted molar refractivity (Wildman–Crippen MR) is 36.6 cm³/mol. The van der Waals surface area contributed by atoms with Gasteiger partial charge in [-0.05, 0) is 6.92 Å². The van der Waals surface area contributed by atoms with Crippen LogP contribution in [0.4, 0.5) is 0 Å². The van der Waals surface area contributed by atoms with E-state index < -0.39 is 0 Å². The number of nitrogens with zero attached hydrogens (tertiary/aromatic N) is 1. The fourth-order valence-electron chi connectivity index (χ4n) is 2.03. The summed E-state index contributed by atoms with van der Waals surface area (Å²) in [5.41, 5.74) is 0. The van der Waals surface area contributed by atoms with Crippen molar-refractivity contribution in [3.63, 3.8) is 0 Å². The first-order valence-electron chi connectivity index (χ1n) is 3.93. The van der Waals surface area contributed by atoms with Crippen LogP contribution in [0.5, 0.6) is 0 Å². The van der Waals surface area contributed by atoms with E-state index in [4.69, 9.17) is 0 Å². The van der Waals surface area contributed by atoms with Crippen molar-refractivity contribution in [1.82, 2.24) is 4.90 Å². The van der Waals surface area contributed by atoms with E-state index in [-0.39, 0.29) is 24.0 Å². The van der Waals surface area contributed by atoms with Crippen molar-refractivity contribution in [3.8, 4) is 0 Å². The van der Waals surface area contributed by atoms with Gasteiger partial charge < -0.3 is 28.9 Å². The van der Waals surface area contributed by atoms with E-state index in [2.05, 4.69) is 11.8 Å². The number of hydrogen-bond donors (Lipinski definition) is 1. The Morgan fingerprint density at radius 2 is 1.90 bits per heavy atom. The summed E-state index contributed by atoms with van der Waals surface area (Å²) in [7, 11) is 0. The lowest BCUT2D eigenvalue weighted by molar-refractivity contribution is -0.938. The van der Waals surface area contributed by atoms with Gasteiger partial charge in [0.05, 0.1) is 25.7 Å². The van der Waals surface area contributed by atoms with Crippen molar-refractivity contribution < 1.29 is 28.9 Å². The van der Waals surface area contributed by atoms with E-state index >= 15 is 0 Å². The molecule has 3 heterocycles. The molecular formula is C7H15IN2. The summed E-state index contributed by atoms with van der Waals surface area (Å²) in [5, 5.41) is 0. The Hall–Kier alpha value is 0.650. The summed E-state index contributed by atoms with van der Waals surface area (Å²) >= 11 is 0. The van der Waals surface area contributed by atoms with E-state index in [9.17, 15) is 0 Å². The molecule has 3 heteroatoms. The standard InChI is InChI=1S/C7H14N2.HI/c1-7-6-8-2-4-9(7)5-3-8;/h7H,2-6H2,1H3;1H. The molecule has 0 aromatic rings. The van der Waals surface area contributed by atoms with Crippen LogP contribution in [0.25, 0.3) is 0 Å². The van der Waals surface area contributed by atoms with Gasteiger partial charge in [0, 0.05) is 13.1 Å². The van der Waals surface area contributed by atoms with Crippen molar-refractivity contribution in [2.24, 2.45) is 0 Å². The number of piperazine rings is 3. The molecule has 1 unspecified atom stereocenters. The Morgan fingerprint density at radius 1 is 1.30 bits per heavy atom. The molecule has 1 atom stereocenters. The lowest BCUT2D eigenvalue weighted by atomic mass is 10.1. The predicted octanol–water partition coefficient (Wildman–Crippen LogP) is -4.41. The van der Waals surface area contributed by atoms with E-state index in [1.165, 1.54) is 32.7 Å². The molecule has 0 aliphatic carbocycles. The smallest absolute Gasteiger partial charge is 0.0975 e. The minimum atomic E-state index is 0. The fourth-order valence-corrected chi connectivity index (χ4v) is 2.03. The second kappa shape index (κ2) is 3.36. The maximum atomic E-state index is 2.58. The first-order chi connectivity index (χ1) is 4.36. The molecule has 0 aromatic heterocycles. The number of hydrogen-bond acceptors (Lipinski definition) is 1. The second-order valence-corrected chi connectivity index (χ2v) is 3.36. The minimum absolute atomic E-state index is 0. The number of fused-ring (bicyclic) bond motifs is 3. The Bertz CT molecular complexity index is 110. The van der Waals surface area contributed by atoms with E-state index in [0.717, 1.165) is 6.04 Å². The molecule has 2 bridgehead atoms. The van der Waals surface area contributed by atoms with Crippen molar-refractivity contribution in [2.75, 3.05) is 32.7 Å². The molecular weight excluding hydrogens is 239 g/mol. The molecule has 10 heavy (non-hydrogen) atoms. The van der Waals surface area contributed by atoms with Gasteiger partial charge in [0.15, 0.2) is 0 Å². The highest BCUT2D eigenvalue weighted by Crippen LogP contribution is 1.97. The highest BCUT2D eigenvalue weighted by molar-refractivity contribution is 4.70. The summed E-state index contributed by atoms with van der Waals surface area (Å²) in [6.07, 6.45) is 0. The number of nitrogens with one attached hydrogen (secondary N) is 1.